The zero-order chi connectivity index (χ0) is 13.1. The van der Waals surface area contributed by atoms with Gasteiger partial charge < -0.3 is 10.5 Å². The highest BCUT2D eigenvalue weighted by Gasteiger charge is 2.12. The summed E-state index contributed by atoms with van der Waals surface area (Å²) in [6.45, 7) is 0. The van der Waals surface area contributed by atoms with Crippen molar-refractivity contribution < 1.29 is 9.53 Å². The van der Waals surface area contributed by atoms with E-state index < -0.39 is 0 Å². The Balaban J connectivity index is 2.38. The highest BCUT2D eigenvalue weighted by atomic mass is 32.1. The zero-order valence-electron chi connectivity index (χ0n) is 9.88. The van der Waals surface area contributed by atoms with Gasteiger partial charge in [0.15, 0.2) is 5.78 Å². The Morgan fingerprint density at radius 1 is 1.17 bits per heavy atom. The summed E-state index contributed by atoms with van der Waals surface area (Å²) in [5.74, 6) is 0.611. The second-order valence-corrected chi connectivity index (χ2v) is 4.32. The van der Waals surface area contributed by atoms with Gasteiger partial charge in [-0.15, -0.1) is 12.6 Å². The van der Waals surface area contributed by atoms with Crippen molar-refractivity contribution in [3.63, 3.8) is 0 Å². The molecule has 2 rings (SSSR count). The molecule has 2 aromatic carbocycles. The van der Waals surface area contributed by atoms with Crippen LogP contribution in [0.2, 0.25) is 0 Å². The number of carbonyl (C=O) groups excluding carboxylic acids is 1. The Morgan fingerprint density at radius 2 is 1.83 bits per heavy atom. The lowest BCUT2D eigenvalue weighted by molar-refractivity contribution is 0.103. The standard InChI is InChI=1S/C14H13NO2S/c1-17-11-5-2-9(3-6-11)14(16)12-8-10(15)4-7-13(12)18/h2-8,18H,15H2,1H3. The first-order chi connectivity index (χ1) is 8.61. The van der Waals surface area contributed by atoms with Gasteiger partial charge in [0.05, 0.1) is 7.11 Å². The van der Waals surface area contributed by atoms with Gasteiger partial charge in [-0.2, -0.15) is 0 Å². The van der Waals surface area contributed by atoms with Gasteiger partial charge in [-0.3, -0.25) is 4.79 Å². The van der Waals surface area contributed by atoms with Crippen molar-refractivity contribution in [3.05, 3.63) is 53.6 Å². The van der Waals surface area contributed by atoms with Gasteiger partial charge in [0.2, 0.25) is 0 Å². The van der Waals surface area contributed by atoms with Gasteiger partial charge >= 0.3 is 0 Å². The largest absolute Gasteiger partial charge is 0.497 e. The van der Waals surface area contributed by atoms with Crippen LogP contribution in [0.4, 0.5) is 5.69 Å². The number of benzene rings is 2. The molecule has 92 valence electrons. The molecule has 0 heterocycles. The summed E-state index contributed by atoms with van der Waals surface area (Å²) in [5, 5.41) is 0. The van der Waals surface area contributed by atoms with Crippen LogP contribution in [0, 0.1) is 0 Å². The van der Waals surface area contributed by atoms with Crippen molar-refractivity contribution in [3.8, 4) is 5.75 Å². The second kappa shape index (κ2) is 5.14. The molecule has 0 aliphatic rings. The first-order valence-electron chi connectivity index (χ1n) is 5.39. The van der Waals surface area contributed by atoms with Crippen LogP contribution >= 0.6 is 12.6 Å². The Morgan fingerprint density at radius 3 is 2.44 bits per heavy atom. The number of hydrogen-bond acceptors (Lipinski definition) is 4. The quantitative estimate of drug-likeness (QED) is 0.506. The van der Waals surface area contributed by atoms with Gasteiger partial charge in [0.1, 0.15) is 5.75 Å². The predicted octanol–water partition coefficient (Wildman–Crippen LogP) is 2.80. The smallest absolute Gasteiger partial charge is 0.194 e. The molecule has 0 fully saturated rings. The van der Waals surface area contributed by atoms with E-state index in [1.165, 1.54) is 0 Å². The van der Waals surface area contributed by atoms with E-state index in [1.807, 2.05) is 0 Å². The number of nitrogens with two attached hydrogens (primary N) is 1. The Bertz CT molecular complexity index is 579. The van der Waals surface area contributed by atoms with E-state index in [9.17, 15) is 4.79 Å². The van der Waals surface area contributed by atoms with E-state index in [0.29, 0.717) is 27.5 Å². The Kier molecular flexibility index (Phi) is 3.58. The Hall–Kier alpha value is -1.94. The maximum atomic E-state index is 12.3. The summed E-state index contributed by atoms with van der Waals surface area (Å²) in [7, 11) is 1.58. The maximum absolute atomic E-state index is 12.3. The number of ketones is 1. The summed E-state index contributed by atoms with van der Waals surface area (Å²) in [5.41, 5.74) is 7.31. The Labute approximate surface area is 111 Å². The molecule has 2 aromatic rings. The molecule has 4 heteroatoms. The van der Waals surface area contributed by atoms with E-state index >= 15 is 0 Å². The fourth-order valence-electron chi connectivity index (χ4n) is 1.63. The summed E-state index contributed by atoms with van der Waals surface area (Å²) >= 11 is 4.27. The fraction of sp³-hybridized carbons (Fsp3) is 0.0714. The van der Waals surface area contributed by atoms with Crippen LogP contribution in [-0.4, -0.2) is 12.9 Å². The summed E-state index contributed by atoms with van der Waals surface area (Å²) in [6, 6.07) is 12.0. The number of anilines is 1. The van der Waals surface area contributed by atoms with E-state index in [4.69, 9.17) is 10.5 Å². The molecule has 0 atom stereocenters. The molecule has 0 unspecified atom stereocenters. The van der Waals surface area contributed by atoms with Crippen LogP contribution < -0.4 is 10.5 Å². The topological polar surface area (TPSA) is 52.3 Å². The molecule has 0 spiro atoms. The number of rotatable bonds is 3. The van der Waals surface area contributed by atoms with E-state index in [0.717, 1.165) is 0 Å². The first kappa shape index (κ1) is 12.5. The molecule has 0 aliphatic carbocycles. The van der Waals surface area contributed by atoms with Crippen LogP contribution in [0.1, 0.15) is 15.9 Å². The normalized spacial score (nSPS) is 10.1. The molecule has 0 aliphatic heterocycles. The molecule has 0 saturated heterocycles. The number of hydrogen-bond donors (Lipinski definition) is 2. The average Bonchev–Trinajstić information content (AvgIpc) is 2.41. The molecular formula is C14H13NO2S. The molecular weight excluding hydrogens is 246 g/mol. The van der Waals surface area contributed by atoms with Crippen molar-refractivity contribution in [1.82, 2.24) is 0 Å². The third-order valence-electron chi connectivity index (χ3n) is 2.62. The molecule has 0 saturated carbocycles. The highest BCUT2D eigenvalue weighted by molar-refractivity contribution is 7.80. The van der Waals surface area contributed by atoms with Crippen LogP contribution in [0.5, 0.6) is 5.75 Å². The third kappa shape index (κ3) is 2.49. The minimum absolute atomic E-state index is 0.102. The number of ether oxygens (including phenoxy) is 1. The maximum Gasteiger partial charge on any atom is 0.194 e. The van der Waals surface area contributed by atoms with Crippen molar-refractivity contribution in [1.29, 1.82) is 0 Å². The van der Waals surface area contributed by atoms with E-state index in [1.54, 1.807) is 49.6 Å². The summed E-state index contributed by atoms with van der Waals surface area (Å²) < 4.78 is 5.05. The van der Waals surface area contributed by atoms with Gasteiger partial charge in [0, 0.05) is 21.7 Å². The van der Waals surface area contributed by atoms with Crippen molar-refractivity contribution in [2.24, 2.45) is 0 Å². The van der Waals surface area contributed by atoms with Crippen molar-refractivity contribution >= 4 is 24.1 Å². The third-order valence-corrected chi connectivity index (χ3v) is 3.01. The summed E-state index contributed by atoms with van der Waals surface area (Å²) in [4.78, 5) is 12.9. The van der Waals surface area contributed by atoms with Crippen LogP contribution in [0.25, 0.3) is 0 Å². The molecule has 0 aromatic heterocycles. The predicted molar refractivity (Wildman–Crippen MR) is 74.5 cm³/mol. The number of nitrogen functional groups attached to an aromatic ring is 1. The van der Waals surface area contributed by atoms with Crippen molar-refractivity contribution in [2.45, 2.75) is 4.90 Å². The van der Waals surface area contributed by atoms with Crippen LogP contribution in [-0.2, 0) is 0 Å². The zero-order valence-corrected chi connectivity index (χ0v) is 10.8. The minimum Gasteiger partial charge on any atom is -0.497 e. The molecule has 18 heavy (non-hydrogen) atoms. The van der Waals surface area contributed by atoms with Gasteiger partial charge in [-0.1, -0.05) is 0 Å². The van der Waals surface area contributed by atoms with Crippen molar-refractivity contribution in [2.75, 3.05) is 12.8 Å². The summed E-state index contributed by atoms with van der Waals surface area (Å²) in [6.07, 6.45) is 0. The first-order valence-corrected chi connectivity index (χ1v) is 5.84. The number of methoxy groups -OCH3 is 1. The minimum atomic E-state index is -0.102. The fourth-order valence-corrected chi connectivity index (χ4v) is 1.87. The van der Waals surface area contributed by atoms with Crippen LogP contribution in [0.15, 0.2) is 47.4 Å². The van der Waals surface area contributed by atoms with E-state index in [-0.39, 0.29) is 5.78 Å². The molecule has 0 amide bonds. The van der Waals surface area contributed by atoms with Gasteiger partial charge in [-0.25, -0.2) is 0 Å². The van der Waals surface area contributed by atoms with Gasteiger partial charge in [0.25, 0.3) is 0 Å². The lowest BCUT2D eigenvalue weighted by atomic mass is 10.0. The molecule has 0 bridgehead atoms. The second-order valence-electron chi connectivity index (χ2n) is 3.83. The molecule has 3 nitrogen and oxygen atoms in total. The SMILES string of the molecule is COc1ccc(C(=O)c2cc(N)ccc2S)cc1. The molecule has 2 N–H and O–H groups in total. The number of thiol groups is 1. The number of carbonyl (C=O) groups is 1. The monoisotopic (exact) mass is 259 g/mol. The lowest BCUT2D eigenvalue weighted by Crippen LogP contribution is -2.03. The highest BCUT2D eigenvalue weighted by Crippen LogP contribution is 2.21. The average molecular weight is 259 g/mol. The van der Waals surface area contributed by atoms with Gasteiger partial charge in [-0.05, 0) is 42.5 Å². The lowest BCUT2D eigenvalue weighted by Gasteiger charge is -2.06. The molecule has 0 radical (unpaired) electrons. The van der Waals surface area contributed by atoms with Crippen LogP contribution in [0.3, 0.4) is 0 Å². The van der Waals surface area contributed by atoms with E-state index in [2.05, 4.69) is 12.6 Å².